The van der Waals surface area contributed by atoms with Crippen LogP contribution in [0.3, 0.4) is 0 Å². The molecular formula is C16H23NO2. The van der Waals surface area contributed by atoms with Crippen LogP contribution in [0.2, 0.25) is 0 Å². The van der Waals surface area contributed by atoms with Crippen LogP contribution in [0.4, 0.5) is 0 Å². The number of hydrogen-bond donors (Lipinski definition) is 0. The summed E-state index contributed by atoms with van der Waals surface area (Å²) in [7, 11) is 1.44. The Morgan fingerprint density at radius 1 is 1.32 bits per heavy atom. The molecule has 2 rings (SSSR count). The third-order valence-electron chi connectivity index (χ3n) is 4.10. The molecule has 0 bridgehead atoms. The molecular weight excluding hydrogens is 238 g/mol. The number of likely N-dealkylation sites (tertiary alicyclic amines) is 1. The number of benzene rings is 1. The summed E-state index contributed by atoms with van der Waals surface area (Å²) in [5.41, 5.74) is 1.77. The van der Waals surface area contributed by atoms with Crippen molar-refractivity contribution in [3.63, 3.8) is 0 Å². The van der Waals surface area contributed by atoms with Crippen molar-refractivity contribution in [3.05, 3.63) is 35.4 Å². The van der Waals surface area contributed by atoms with Gasteiger partial charge in [-0.15, -0.1) is 0 Å². The zero-order valence-electron chi connectivity index (χ0n) is 11.9. The average molecular weight is 261 g/mol. The lowest BCUT2D eigenvalue weighted by Crippen LogP contribution is -2.33. The van der Waals surface area contributed by atoms with Crippen molar-refractivity contribution in [3.8, 4) is 0 Å². The largest absolute Gasteiger partial charge is 0.465 e. The van der Waals surface area contributed by atoms with Gasteiger partial charge in [0, 0.05) is 6.54 Å². The van der Waals surface area contributed by atoms with E-state index < -0.39 is 0 Å². The van der Waals surface area contributed by atoms with Crippen LogP contribution in [-0.2, 0) is 11.3 Å². The second kappa shape index (κ2) is 6.71. The molecule has 1 aliphatic heterocycles. The Morgan fingerprint density at radius 3 is 2.63 bits per heavy atom. The molecule has 1 fully saturated rings. The first kappa shape index (κ1) is 14.1. The van der Waals surface area contributed by atoms with Crippen LogP contribution in [0, 0.1) is 5.92 Å². The molecule has 3 heteroatoms. The Morgan fingerprint density at radius 2 is 2.00 bits per heavy atom. The molecule has 3 nitrogen and oxygen atoms in total. The van der Waals surface area contributed by atoms with Crippen molar-refractivity contribution in [2.24, 2.45) is 5.92 Å². The molecule has 0 spiro atoms. The van der Waals surface area contributed by atoms with E-state index in [4.69, 9.17) is 4.74 Å². The highest BCUT2D eigenvalue weighted by atomic mass is 16.5. The van der Waals surface area contributed by atoms with E-state index in [0.29, 0.717) is 5.56 Å². The molecule has 1 aliphatic rings. The van der Waals surface area contributed by atoms with Gasteiger partial charge in [-0.25, -0.2) is 4.79 Å². The molecule has 0 aromatic heterocycles. The first-order valence-electron chi connectivity index (χ1n) is 7.13. The number of carbonyl (C=O) groups excluding carboxylic acids is 1. The van der Waals surface area contributed by atoms with Crippen molar-refractivity contribution >= 4 is 5.97 Å². The minimum Gasteiger partial charge on any atom is -0.465 e. The van der Waals surface area contributed by atoms with Crippen LogP contribution in [0.1, 0.15) is 42.1 Å². The Balaban J connectivity index is 2.01. The second-order valence-corrected chi connectivity index (χ2v) is 5.28. The molecule has 19 heavy (non-hydrogen) atoms. The van der Waals surface area contributed by atoms with Crippen molar-refractivity contribution in [1.29, 1.82) is 0 Å². The lowest BCUT2D eigenvalue weighted by atomic mass is 9.94. The summed E-state index contributed by atoms with van der Waals surface area (Å²) in [6.45, 7) is 5.39. The molecule has 0 atom stereocenters. The lowest BCUT2D eigenvalue weighted by molar-refractivity contribution is 0.0597. The van der Waals surface area contributed by atoms with Gasteiger partial charge in [0.2, 0.25) is 0 Å². The third-order valence-corrected chi connectivity index (χ3v) is 4.10. The van der Waals surface area contributed by atoms with Crippen LogP contribution >= 0.6 is 0 Å². The fourth-order valence-corrected chi connectivity index (χ4v) is 2.76. The molecule has 1 saturated heterocycles. The predicted octanol–water partition coefficient (Wildman–Crippen LogP) is 3.10. The number of nitrogens with zero attached hydrogens (tertiary/aromatic N) is 1. The fourth-order valence-electron chi connectivity index (χ4n) is 2.76. The summed E-state index contributed by atoms with van der Waals surface area (Å²) >= 11 is 0. The average Bonchev–Trinajstić information content (AvgIpc) is 2.48. The number of methoxy groups -OCH3 is 1. The Bertz CT molecular complexity index is 423. The first-order chi connectivity index (χ1) is 9.24. The van der Waals surface area contributed by atoms with Gasteiger partial charge in [-0.3, -0.25) is 4.90 Å². The maximum absolute atomic E-state index is 11.7. The van der Waals surface area contributed by atoms with Crippen LogP contribution in [0.15, 0.2) is 24.3 Å². The summed E-state index contributed by atoms with van der Waals surface area (Å²) in [5.74, 6) is 0.645. The van der Waals surface area contributed by atoms with Crippen molar-refractivity contribution in [2.75, 3.05) is 20.2 Å². The minimum absolute atomic E-state index is 0.237. The van der Waals surface area contributed by atoms with E-state index in [1.54, 1.807) is 0 Å². The van der Waals surface area contributed by atoms with E-state index in [1.165, 1.54) is 26.4 Å². The standard InChI is InChI=1S/C16H23NO2/c1-3-13-8-10-17(11-9-13)12-14-6-4-5-7-15(14)16(18)19-2/h4-7,13H,3,8-12H2,1-2H3. The highest BCUT2D eigenvalue weighted by Crippen LogP contribution is 2.22. The van der Waals surface area contributed by atoms with Gasteiger partial charge in [-0.2, -0.15) is 0 Å². The van der Waals surface area contributed by atoms with E-state index in [9.17, 15) is 4.79 Å². The molecule has 104 valence electrons. The predicted molar refractivity (Wildman–Crippen MR) is 76.1 cm³/mol. The molecule has 0 unspecified atom stereocenters. The summed E-state index contributed by atoms with van der Waals surface area (Å²) in [4.78, 5) is 14.2. The number of carbonyl (C=O) groups is 1. The zero-order valence-corrected chi connectivity index (χ0v) is 11.9. The number of piperidine rings is 1. The lowest BCUT2D eigenvalue weighted by Gasteiger charge is -2.31. The summed E-state index contributed by atoms with van der Waals surface area (Å²) in [6.07, 6.45) is 3.83. The Labute approximate surface area is 115 Å². The maximum Gasteiger partial charge on any atom is 0.338 e. The topological polar surface area (TPSA) is 29.5 Å². The van der Waals surface area contributed by atoms with E-state index in [1.807, 2.05) is 24.3 Å². The van der Waals surface area contributed by atoms with Gasteiger partial charge in [-0.05, 0) is 43.5 Å². The van der Waals surface area contributed by atoms with Crippen LogP contribution in [0.5, 0.6) is 0 Å². The van der Waals surface area contributed by atoms with E-state index >= 15 is 0 Å². The maximum atomic E-state index is 11.7. The summed E-state index contributed by atoms with van der Waals surface area (Å²) in [6, 6.07) is 7.75. The van der Waals surface area contributed by atoms with Gasteiger partial charge in [0.25, 0.3) is 0 Å². The van der Waals surface area contributed by atoms with Crippen LogP contribution < -0.4 is 0 Å². The summed E-state index contributed by atoms with van der Waals surface area (Å²) in [5, 5.41) is 0. The van der Waals surface area contributed by atoms with Crippen molar-refractivity contribution in [2.45, 2.75) is 32.7 Å². The molecule has 0 radical (unpaired) electrons. The van der Waals surface area contributed by atoms with Gasteiger partial charge < -0.3 is 4.74 Å². The summed E-state index contributed by atoms with van der Waals surface area (Å²) < 4.78 is 4.84. The highest BCUT2D eigenvalue weighted by molar-refractivity contribution is 5.90. The molecule has 1 heterocycles. The van der Waals surface area contributed by atoms with Crippen LogP contribution in [0.25, 0.3) is 0 Å². The van der Waals surface area contributed by atoms with Crippen LogP contribution in [-0.4, -0.2) is 31.1 Å². The molecule has 0 saturated carbocycles. The molecule has 0 aliphatic carbocycles. The SMILES string of the molecule is CCC1CCN(Cc2ccccc2C(=O)OC)CC1. The van der Waals surface area contributed by atoms with E-state index in [0.717, 1.165) is 31.1 Å². The number of esters is 1. The number of hydrogen-bond acceptors (Lipinski definition) is 3. The van der Waals surface area contributed by atoms with Gasteiger partial charge in [0.1, 0.15) is 0 Å². The molecule has 0 N–H and O–H groups in total. The third kappa shape index (κ3) is 3.57. The molecule has 1 aromatic carbocycles. The smallest absolute Gasteiger partial charge is 0.338 e. The minimum atomic E-state index is -0.237. The molecule has 0 amide bonds. The monoisotopic (exact) mass is 261 g/mol. The van der Waals surface area contributed by atoms with Crippen molar-refractivity contribution < 1.29 is 9.53 Å². The fraction of sp³-hybridized carbons (Fsp3) is 0.562. The Hall–Kier alpha value is -1.35. The van der Waals surface area contributed by atoms with Gasteiger partial charge in [0.05, 0.1) is 12.7 Å². The first-order valence-corrected chi connectivity index (χ1v) is 7.13. The quantitative estimate of drug-likeness (QED) is 0.780. The van der Waals surface area contributed by atoms with Gasteiger partial charge >= 0.3 is 5.97 Å². The Kier molecular flexibility index (Phi) is 4.97. The highest BCUT2D eigenvalue weighted by Gasteiger charge is 2.19. The van der Waals surface area contributed by atoms with E-state index in [-0.39, 0.29) is 5.97 Å². The normalized spacial score (nSPS) is 17.4. The number of ether oxygens (including phenoxy) is 1. The second-order valence-electron chi connectivity index (χ2n) is 5.28. The van der Waals surface area contributed by atoms with Crippen molar-refractivity contribution in [1.82, 2.24) is 4.90 Å². The van der Waals surface area contributed by atoms with Gasteiger partial charge in [0.15, 0.2) is 0 Å². The van der Waals surface area contributed by atoms with Gasteiger partial charge in [-0.1, -0.05) is 31.5 Å². The number of rotatable bonds is 4. The molecule has 1 aromatic rings. The van der Waals surface area contributed by atoms with E-state index in [2.05, 4.69) is 11.8 Å². The zero-order chi connectivity index (χ0) is 13.7.